The molecule has 0 saturated heterocycles. The summed E-state index contributed by atoms with van der Waals surface area (Å²) in [5.74, 6) is 0.973. The van der Waals surface area contributed by atoms with Gasteiger partial charge in [-0.3, -0.25) is 14.2 Å². The molecule has 0 unspecified atom stereocenters. The van der Waals surface area contributed by atoms with Gasteiger partial charge in [-0.05, 0) is 80.1 Å². The number of halogens is 1. The highest BCUT2D eigenvalue weighted by Crippen LogP contribution is 2.32. The van der Waals surface area contributed by atoms with E-state index < -0.39 is 0 Å². The lowest BCUT2D eigenvalue weighted by atomic mass is 10.1. The Morgan fingerprint density at radius 2 is 1.81 bits per heavy atom. The minimum absolute atomic E-state index is 0.0660. The number of hydrogen-bond donors (Lipinski definition) is 1. The third kappa shape index (κ3) is 4.90. The van der Waals surface area contributed by atoms with Gasteiger partial charge in [0.1, 0.15) is 11.5 Å². The fraction of sp³-hybridized carbons (Fsp3) is 0.179. The number of thiazole rings is 1. The van der Waals surface area contributed by atoms with Crippen molar-refractivity contribution in [1.29, 1.82) is 0 Å². The normalized spacial score (nSPS) is 11.1. The second kappa shape index (κ2) is 10.2. The number of hydrogen-bond acceptors (Lipinski definition) is 6. The lowest BCUT2D eigenvalue weighted by molar-refractivity contribution is -0.115. The molecule has 37 heavy (non-hydrogen) atoms. The van der Waals surface area contributed by atoms with Crippen LogP contribution in [-0.4, -0.2) is 35.1 Å². The molecular weight excluding hydrogens is 510 g/mol. The van der Waals surface area contributed by atoms with Gasteiger partial charge in [0, 0.05) is 21.7 Å². The fourth-order valence-corrected chi connectivity index (χ4v) is 5.37. The van der Waals surface area contributed by atoms with Crippen LogP contribution in [0.5, 0.6) is 11.5 Å². The molecule has 7 nitrogen and oxygen atoms in total. The Labute approximate surface area is 222 Å². The number of fused-ring (bicyclic) bond motifs is 2. The number of ether oxygens (including phenoxy) is 2. The third-order valence-corrected chi connectivity index (χ3v) is 7.28. The number of amides is 1. The summed E-state index contributed by atoms with van der Waals surface area (Å²) in [6.45, 7) is 4.35. The van der Waals surface area contributed by atoms with Crippen molar-refractivity contribution in [3.05, 3.63) is 82.5 Å². The number of anilines is 1. The van der Waals surface area contributed by atoms with Gasteiger partial charge in [0.2, 0.25) is 5.91 Å². The van der Waals surface area contributed by atoms with Crippen molar-refractivity contribution in [2.45, 2.75) is 20.3 Å². The van der Waals surface area contributed by atoms with Gasteiger partial charge in [-0.25, -0.2) is 4.98 Å². The number of carbonyl (C=O) groups is 2. The quantitative estimate of drug-likeness (QED) is 0.258. The fourth-order valence-electron chi connectivity index (χ4n) is 4.33. The molecule has 0 spiro atoms. The summed E-state index contributed by atoms with van der Waals surface area (Å²) in [5.41, 5.74) is 3.41. The van der Waals surface area contributed by atoms with Crippen molar-refractivity contribution >= 4 is 61.0 Å². The zero-order valence-corrected chi connectivity index (χ0v) is 22.1. The third-order valence-electron chi connectivity index (χ3n) is 6.09. The first-order valence-corrected chi connectivity index (χ1v) is 12.9. The molecule has 2 aromatic heterocycles. The number of aromatic nitrogens is 2. The van der Waals surface area contributed by atoms with E-state index in [1.165, 1.54) is 11.3 Å². The lowest BCUT2D eigenvalue weighted by Gasteiger charge is -2.08. The maximum atomic E-state index is 13.5. The average molecular weight is 534 g/mol. The molecule has 9 heteroatoms. The van der Waals surface area contributed by atoms with Crippen LogP contribution in [0.3, 0.4) is 0 Å². The molecule has 0 radical (unpaired) electrons. The van der Waals surface area contributed by atoms with Gasteiger partial charge in [-0.2, -0.15) is 0 Å². The van der Waals surface area contributed by atoms with E-state index in [4.69, 9.17) is 21.1 Å². The van der Waals surface area contributed by atoms with Crippen LogP contribution in [0.1, 0.15) is 28.5 Å². The van der Waals surface area contributed by atoms with Crippen LogP contribution >= 0.6 is 22.9 Å². The minimum Gasteiger partial charge on any atom is -0.497 e. The number of carbonyl (C=O) groups excluding carboxylic acids is 2. The van der Waals surface area contributed by atoms with Gasteiger partial charge < -0.3 is 14.8 Å². The molecule has 188 valence electrons. The van der Waals surface area contributed by atoms with E-state index in [1.54, 1.807) is 42.0 Å². The van der Waals surface area contributed by atoms with Crippen LogP contribution < -0.4 is 14.8 Å². The molecule has 0 aliphatic heterocycles. The lowest BCUT2D eigenvalue weighted by Crippen LogP contribution is -2.16. The molecule has 0 atom stereocenters. The highest BCUT2D eigenvalue weighted by Gasteiger charge is 2.22. The van der Waals surface area contributed by atoms with Gasteiger partial charge in [-0.1, -0.05) is 22.9 Å². The van der Waals surface area contributed by atoms with Crippen LogP contribution in [0.15, 0.2) is 60.7 Å². The molecule has 0 fully saturated rings. The summed E-state index contributed by atoms with van der Waals surface area (Å²) in [5, 5.41) is 4.75. The predicted molar refractivity (Wildman–Crippen MR) is 148 cm³/mol. The summed E-state index contributed by atoms with van der Waals surface area (Å²) in [4.78, 5) is 31.2. The summed E-state index contributed by atoms with van der Waals surface area (Å²) in [6, 6.07) is 17.9. The smallest absolute Gasteiger partial charge is 0.262 e. The number of rotatable bonds is 7. The highest BCUT2D eigenvalue weighted by molar-refractivity contribution is 7.22. The van der Waals surface area contributed by atoms with Crippen molar-refractivity contribution < 1.29 is 19.1 Å². The molecule has 5 rings (SSSR count). The molecule has 2 heterocycles. The summed E-state index contributed by atoms with van der Waals surface area (Å²) >= 11 is 7.40. The van der Waals surface area contributed by atoms with Gasteiger partial charge >= 0.3 is 0 Å². The SMILES string of the molecule is CCOc1ccc2nc(NC(=O)Cc3c(C)n(C(=O)c4ccc(Cl)cc4)c4ccc(OC)cc34)sc2c1. The molecule has 1 amide bonds. The van der Waals surface area contributed by atoms with E-state index in [2.05, 4.69) is 10.3 Å². The van der Waals surface area contributed by atoms with Gasteiger partial charge in [0.05, 0.1) is 35.9 Å². The Bertz CT molecular complexity index is 1640. The standard InChI is InChI=1S/C28H24ClN3O4S/c1-4-36-20-9-11-23-25(14-20)37-28(30-23)31-26(33)15-21-16(2)32(24-12-10-19(35-3)13-22(21)24)27(34)17-5-7-18(29)8-6-17/h5-14H,4,15H2,1-3H3,(H,30,31,33). The minimum atomic E-state index is -0.229. The van der Waals surface area contributed by atoms with Gasteiger partial charge in [-0.15, -0.1) is 0 Å². The van der Waals surface area contributed by atoms with E-state index in [0.29, 0.717) is 39.3 Å². The van der Waals surface area contributed by atoms with Crippen LogP contribution in [0, 0.1) is 6.92 Å². The largest absolute Gasteiger partial charge is 0.497 e. The van der Waals surface area contributed by atoms with Crippen LogP contribution in [0.25, 0.3) is 21.1 Å². The molecule has 5 aromatic rings. The van der Waals surface area contributed by atoms with E-state index >= 15 is 0 Å². The zero-order chi connectivity index (χ0) is 26.1. The summed E-state index contributed by atoms with van der Waals surface area (Å²) in [7, 11) is 1.58. The predicted octanol–water partition coefficient (Wildman–Crippen LogP) is 6.49. The van der Waals surface area contributed by atoms with Gasteiger partial charge in [0.25, 0.3) is 5.91 Å². The Balaban J connectivity index is 1.48. The summed E-state index contributed by atoms with van der Waals surface area (Å²) in [6.07, 6.45) is 0.0660. The van der Waals surface area contributed by atoms with E-state index in [1.807, 2.05) is 44.2 Å². The van der Waals surface area contributed by atoms with Crippen molar-refractivity contribution in [3.8, 4) is 11.5 Å². The van der Waals surface area contributed by atoms with Crippen molar-refractivity contribution in [2.75, 3.05) is 19.0 Å². The molecule has 1 N–H and O–H groups in total. The van der Waals surface area contributed by atoms with E-state index in [0.717, 1.165) is 26.9 Å². The molecule has 0 aliphatic carbocycles. The maximum Gasteiger partial charge on any atom is 0.262 e. The van der Waals surface area contributed by atoms with E-state index in [9.17, 15) is 9.59 Å². The van der Waals surface area contributed by atoms with Gasteiger partial charge in [0.15, 0.2) is 5.13 Å². The maximum absolute atomic E-state index is 13.5. The second-order valence-corrected chi connectivity index (χ2v) is 9.87. The van der Waals surface area contributed by atoms with Crippen molar-refractivity contribution in [3.63, 3.8) is 0 Å². The number of benzene rings is 3. The zero-order valence-electron chi connectivity index (χ0n) is 20.5. The molecule has 3 aromatic carbocycles. The second-order valence-electron chi connectivity index (χ2n) is 8.40. The van der Waals surface area contributed by atoms with Crippen LogP contribution in [-0.2, 0) is 11.2 Å². The average Bonchev–Trinajstić information content (AvgIpc) is 3.41. The Kier molecular flexibility index (Phi) is 6.86. The monoisotopic (exact) mass is 533 g/mol. The highest BCUT2D eigenvalue weighted by atomic mass is 35.5. The van der Waals surface area contributed by atoms with Crippen LogP contribution in [0.4, 0.5) is 5.13 Å². The molecule has 0 aliphatic rings. The van der Waals surface area contributed by atoms with Crippen molar-refractivity contribution in [2.24, 2.45) is 0 Å². The topological polar surface area (TPSA) is 82.5 Å². The number of nitrogens with one attached hydrogen (secondary N) is 1. The summed E-state index contributed by atoms with van der Waals surface area (Å²) < 4.78 is 13.5. The Morgan fingerprint density at radius 3 is 2.54 bits per heavy atom. The first-order chi connectivity index (χ1) is 17.9. The first kappa shape index (κ1) is 24.8. The molecular formula is C28H24ClN3O4S. The number of nitrogens with zero attached hydrogens (tertiary/aromatic N) is 2. The van der Waals surface area contributed by atoms with E-state index in [-0.39, 0.29) is 18.2 Å². The molecule has 0 bridgehead atoms. The van der Waals surface area contributed by atoms with Crippen LogP contribution in [0.2, 0.25) is 5.02 Å². The Hall–Kier alpha value is -3.88. The Morgan fingerprint density at radius 1 is 1.05 bits per heavy atom. The number of methoxy groups -OCH3 is 1. The first-order valence-electron chi connectivity index (χ1n) is 11.7. The molecule has 0 saturated carbocycles. The van der Waals surface area contributed by atoms with Crippen molar-refractivity contribution in [1.82, 2.24) is 9.55 Å².